The Balaban J connectivity index is 2.85. The molecule has 19 heavy (non-hydrogen) atoms. The molecular weight excluding hydrogens is 238 g/mol. The van der Waals surface area contributed by atoms with Gasteiger partial charge in [0.1, 0.15) is 6.61 Å². The van der Waals surface area contributed by atoms with Crippen LogP contribution in [0.15, 0.2) is 18.2 Å². The van der Waals surface area contributed by atoms with Crippen LogP contribution in [0.25, 0.3) is 0 Å². The van der Waals surface area contributed by atoms with Crippen molar-refractivity contribution in [2.45, 2.75) is 33.6 Å². The molecule has 0 aliphatic carbocycles. The Labute approximate surface area is 115 Å². The van der Waals surface area contributed by atoms with Crippen LogP contribution in [0.5, 0.6) is 0 Å². The zero-order valence-corrected chi connectivity index (χ0v) is 11.8. The number of aliphatic hydroxyl groups is 1. The van der Waals surface area contributed by atoms with Gasteiger partial charge in [0.2, 0.25) is 5.91 Å². The normalized spacial score (nSPS) is 11.4. The number of benzene rings is 1. The van der Waals surface area contributed by atoms with Gasteiger partial charge in [0.15, 0.2) is 0 Å². The summed E-state index contributed by atoms with van der Waals surface area (Å²) >= 11 is 0. The number of amides is 1. The van der Waals surface area contributed by atoms with Crippen LogP contribution in [-0.2, 0) is 4.79 Å². The smallest absolute Gasteiger partial charge is 0.227 e. The zero-order chi connectivity index (χ0) is 14.3. The first-order valence-corrected chi connectivity index (χ1v) is 6.59. The second-order valence-corrected chi connectivity index (χ2v) is 4.67. The molecule has 1 amide bonds. The highest BCUT2D eigenvalue weighted by Crippen LogP contribution is 2.18. The molecule has 0 saturated heterocycles. The average Bonchev–Trinajstić information content (AvgIpc) is 2.39. The predicted octanol–water partition coefficient (Wildman–Crippen LogP) is 2.71. The third-order valence-corrected chi connectivity index (χ3v) is 2.98. The summed E-state index contributed by atoms with van der Waals surface area (Å²) in [7, 11) is 0. The van der Waals surface area contributed by atoms with E-state index in [1.807, 2.05) is 32.0 Å². The maximum Gasteiger partial charge on any atom is 0.227 e. The molecule has 1 rings (SSSR count). The van der Waals surface area contributed by atoms with E-state index in [9.17, 15) is 4.79 Å². The molecule has 102 valence electrons. The molecule has 0 aliphatic rings. The van der Waals surface area contributed by atoms with Crippen LogP contribution in [0, 0.1) is 24.7 Å². The van der Waals surface area contributed by atoms with Crippen molar-refractivity contribution in [3.8, 4) is 11.8 Å². The van der Waals surface area contributed by atoms with Crippen LogP contribution in [-0.4, -0.2) is 17.6 Å². The van der Waals surface area contributed by atoms with Crippen LogP contribution in [0.1, 0.15) is 37.8 Å². The highest BCUT2D eigenvalue weighted by atomic mass is 16.2. The van der Waals surface area contributed by atoms with Crippen molar-refractivity contribution in [1.82, 2.24) is 0 Å². The van der Waals surface area contributed by atoms with Crippen molar-refractivity contribution in [1.29, 1.82) is 0 Å². The Morgan fingerprint density at radius 3 is 2.84 bits per heavy atom. The lowest BCUT2D eigenvalue weighted by Gasteiger charge is -2.13. The first kappa shape index (κ1) is 15.3. The van der Waals surface area contributed by atoms with Gasteiger partial charge in [-0.05, 0) is 31.0 Å². The number of carbonyl (C=O) groups is 1. The average molecular weight is 259 g/mol. The fraction of sp³-hybridized carbons (Fsp3) is 0.438. The van der Waals surface area contributed by atoms with Gasteiger partial charge in [-0.15, -0.1) is 0 Å². The molecule has 1 unspecified atom stereocenters. The van der Waals surface area contributed by atoms with Crippen molar-refractivity contribution in [2.75, 3.05) is 11.9 Å². The third kappa shape index (κ3) is 4.76. The molecule has 0 fully saturated rings. The van der Waals surface area contributed by atoms with Gasteiger partial charge < -0.3 is 10.4 Å². The fourth-order valence-electron chi connectivity index (χ4n) is 1.80. The summed E-state index contributed by atoms with van der Waals surface area (Å²) in [5, 5.41) is 11.6. The van der Waals surface area contributed by atoms with Gasteiger partial charge in [0, 0.05) is 17.2 Å². The minimum atomic E-state index is -0.164. The van der Waals surface area contributed by atoms with Crippen molar-refractivity contribution in [2.24, 2.45) is 5.92 Å². The van der Waals surface area contributed by atoms with Crippen molar-refractivity contribution in [3.63, 3.8) is 0 Å². The summed E-state index contributed by atoms with van der Waals surface area (Å²) in [6, 6.07) is 5.64. The van der Waals surface area contributed by atoms with Crippen molar-refractivity contribution < 1.29 is 9.90 Å². The number of carbonyl (C=O) groups excluding carboxylic acids is 1. The Hall–Kier alpha value is -1.79. The van der Waals surface area contributed by atoms with E-state index >= 15 is 0 Å². The summed E-state index contributed by atoms with van der Waals surface area (Å²) < 4.78 is 0. The monoisotopic (exact) mass is 259 g/mol. The SMILES string of the molecule is CCCC(C)C(=O)Nc1cc(C#CCO)ccc1C. The maximum atomic E-state index is 12.0. The van der Waals surface area contributed by atoms with E-state index in [0.717, 1.165) is 29.7 Å². The van der Waals surface area contributed by atoms with E-state index in [1.165, 1.54) is 0 Å². The van der Waals surface area contributed by atoms with Gasteiger partial charge >= 0.3 is 0 Å². The van der Waals surface area contributed by atoms with E-state index in [0.29, 0.717) is 0 Å². The molecule has 0 heterocycles. The maximum absolute atomic E-state index is 12.0. The van der Waals surface area contributed by atoms with Gasteiger partial charge in [-0.2, -0.15) is 0 Å². The third-order valence-electron chi connectivity index (χ3n) is 2.98. The molecule has 0 bridgehead atoms. The lowest BCUT2D eigenvalue weighted by Crippen LogP contribution is -2.20. The summed E-state index contributed by atoms with van der Waals surface area (Å²) in [4.78, 5) is 12.0. The Bertz CT molecular complexity index is 497. The van der Waals surface area contributed by atoms with Crippen LogP contribution in [0.3, 0.4) is 0 Å². The molecule has 1 aromatic rings. The summed E-state index contributed by atoms with van der Waals surface area (Å²) in [6.45, 7) is 5.79. The Morgan fingerprint density at radius 2 is 2.21 bits per heavy atom. The minimum absolute atomic E-state index is 0.0107. The quantitative estimate of drug-likeness (QED) is 0.817. The second kappa shape index (κ2) is 7.60. The first-order chi connectivity index (χ1) is 9.08. The van der Waals surface area contributed by atoms with Crippen molar-refractivity contribution in [3.05, 3.63) is 29.3 Å². The summed E-state index contributed by atoms with van der Waals surface area (Å²) in [6.07, 6.45) is 1.88. The molecule has 0 aliphatic heterocycles. The van der Waals surface area contributed by atoms with Crippen LogP contribution in [0.2, 0.25) is 0 Å². The largest absolute Gasteiger partial charge is 0.384 e. The Kier molecular flexibility index (Phi) is 6.11. The predicted molar refractivity (Wildman–Crippen MR) is 77.8 cm³/mol. The Morgan fingerprint density at radius 1 is 1.47 bits per heavy atom. The molecule has 0 radical (unpaired) electrons. The number of anilines is 1. The van der Waals surface area contributed by atoms with Gasteiger partial charge in [0.25, 0.3) is 0 Å². The van der Waals surface area contributed by atoms with Gasteiger partial charge in [-0.1, -0.05) is 38.2 Å². The topological polar surface area (TPSA) is 49.3 Å². The minimum Gasteiger partial charge on any atom is -0.384 e. The molecule has 1 atom stereocenters. The summed E-state index contributed by atoms with van der Waals surface area (Å²) in [5.74, 6) is 5.49. The zero-order valence-electron chi connectivity index (χ0n) is 11.8. The van der Waals surface area contributed by atoms with E-state index in [2.05, 4.69) is 24.1 Å². The van der Waals surface area contributed by atoms with E-state index in [1.54, 1.807) is 0 Å². The molecule has 2 N–H and O–H groups in total. The lowest BCUT2D eigenvalue weighted by atomic mass is 10.0. The number of hydrogen-bond acceptors (Lipinski definition) is 2. The summed E-state index contributed by atoms with van der Waals surface area (Å²) in [5.41, 5.74) is 2.59. The van der Waals surface area contributed by atoms with Crippen LogP contribution in [0.4, 0.5) is 5.69 Å². The molecule has 0 aromatic heterocycles. The van der Waals surface area contributed by atoms with Crippen LogP contribution < -0.4 is 5.32 Å². The van der Waals surface area contributed by atoms with E-state index < -0.39 is 0 Å². The molecule has 3 heteroatoms. The lowest BCUT2D eigenvalue weighted by molar-refractivity contribution is -0.119. The number of nitrogens with one attached hydrogen (secondary N) is 1. The molecule has 3 nitrogen and oxygen atoms in total. The van der Waals surface area contributed by atoms with Gasteiger partial charge in [-0.3, -0.25) is 4.79 Å². The molecule has 0 saturated carbocycles. The van der Waals surface area contributed by atoms with E-state index in [4.69, 9.17) is 5.11 Å². The van der Waals surface area contributed by atoms with Crippen molar-refractivity contribution >= 4 is 11.6 Å². The highest BCUT2D eigenvalue weighted by Gasteiger charge is 2.12. The number of aliphatic hydroxyl groups excluding tert-OH is 1. The van der Waals surface area contributed by atoms with Gasteiger partial charge in [-0.25, -0.2) is 0 Å². The molecule has 1 aromatic carbocycles. The second-order valence-electron chi connectivity index (χ2n) is 4.67. The first-order valence-electron chi connectivity index (χ1n) is 6.59. The molecular formula is C16H21NO2. The molecule has 0 spiro atoms. The number of hydrogen-bond donors (Lipinski definition) is 2. The number of aryl methyl sites for hydroxylation is 1. The fourth-order valence-corrected chi connectivity index (χ4v) is 1.80. The van der Waals surface area contributed by atoms with E-state index in [-0.39, 0.29) is 18.4 Å². The standard InChI is InChI=1S/C16H21NO2/c1-4-6-13(3)16(19)17-15-11-14(7-5-10-18)9-8-12(15)2/h8-9,11,13,18H,4,6,10H2,1-3H3,(H,17,19). The van der Waals surface area contributed by atoms with Gasteiger partial charge in [0.05, 0.1) is 0 Å². The highest BCUT2D eigenvalue weighted by molar-refractivity contribution is 5.93. The number of rotatable bonds is 4. The van der Waals surface area contributed by atoms with Crippen LogP contribution >= 0.6 is 0 Å².